The molecule has 3 nitrogen and oxygen atoms in total. The Morgan fingerprint density at radius 2 is 2.19 bits per heavy atom. The van der Waals surface area contributed by atoms with E-state index in [1.807, 2.05) is 0 Å². The van der Waals surface area contributed by atoms with Gasteiger partial charge in [0.2, 0.25) is 0 Å². The molecule has 0 bridgehead atoms. The molecule has 0 atom stereocenters. The van der Waals surface area contributed by atoms with E-state index in [0.29, 0.717) is 5.56 Å². The highest BCUT2D eigenvalue weighted by Crippen LogP contribution is 2.24. The lowest BCUT2D eigenvalue weighted by Crippen LogP contribution is -2.07. The summed E-state index contributed by atoms with van der Waals surface area (Å²) in [6.07, 6.45) is 0.158. The van der Waals surface area contributed by atoms with Crippen molar-refractivity contribution >= 4 is 27.4 Å². The number of halogens is 3. The van der Waals surface area contributed by atoms with Crippen molar-refractivity contribution in [2.24, 2.45) is 0 Å². The number of nitrogens with two attached hydrogens (primary N) is 1. The third-order valence-electron chi connectivity index (χ3n) is 1.84. The van der Waals surface area contributed by atoms with Gasteiger partial charge in [-0.1, -0.05) is 22.0 Å². The second-order valence-corrected chi connectivity index (χ2v) is 3.66. The van der Waals surface area contributed by atoms with Crippen LogP contribution in [0.2, 0.25) is 0 Å². The van der Waals surface area contributed by atoms with Crippen LogP contribution in [0.25, 0.3) is 0 Å². The lowest BCUT2D eigenvalue weighted by atomic mass is 10.1. The van der Waals surface area contributed by atoms with Crippen LogP contribution in [0.15, 0.2) is 18.2 Å². The number of rotatable bonds is 5. The number of ether oxygens (including phenoxy) is 1. The van der Waals surface area contributed by atoms with E-state index in [4.69, 9.17) is 5.73 Å². The van der Waals surface area contributed by atoms with E-state index in [2.05, 4.69) is 20.7 Å². The molecule has 1 rings (SSSR count). The van der Waals surface area contributed by atoms with Crippen LogP contribution in [0.5, 0.6) is 5.75 Å². The minimum atomic E-state index is -2.93. The molecular formula is C10H10BrF2NO2. The summed E-state index contributed by atoms with van der Waals surface area (Å²) in [6, 6.07) is 4.39. The lowest BCUT2D eigenvalue weighted by Gasteiger charge is -2.09. The molecule has 0 amide bonds. The Kier molecular flexibility index (Phi) is 4.67. The molecule has 0 aliphatic carbocycles. The molecule has 1 aromatic carbocycles. The van der Waals surface area contributed by atoms with Gasteiger partial charge in [-0.3, -0.25) is 4.79 Å². The molecule has 0 heterocycles. The fraction of sp³-hybridized carbons (Fsp3) is 0.300. The number of carbonyl (C=O) groups excluding carboxylic acids is 1. The van der Waals surface area contributed by atoms with Gasteiger partial charge in [-0.2, -0.15) is 8.78 Å². The van der Waals surface area contributed by atoms with Crippen LogP contribution in [0, 0.1) is 0 Å². The first-order chi connectivity index (χ1) is 7.52. The fourth-order valence-corrected chi connectivity index (χ4v) is 1.36. The first-order valence-electron chi connectivity index (χ1n) is 4.44. The highest BCUT2D eigenvalue weighted by atomic mass is 79.9. The maximum atomic E-state index is 12.0. The van der Waals surface area contributed by atoms with Gasteiger partial charge in [0.1, 0.15) is 11.5 Å². The van der Waals surface area contributed by atoms with Crippen LogP contribution in [0.1, 0.15) is 5.56 Å². The summed E-state index contributed by atoms with van der Waals surface area (Å²) in [5.41, 5.74) is 6.16. The van der Waals surface area contributed by atoms with Gasteiger partial charge >= 0.3 is 6.61 Å². The van der Waals surface area contributed by atoms with Crippen LogP contribution in [0.3, 0.4) is 0 Å². The van der Waals surface area contributed by atoms with E-state index >= 15 is 0 Å². The third-order valence-corrected chi connectivity index (χ3v) is 2.47. The standard InChI is InChI=1S/C10H10BrF2NO2/c11-5-7(15)3-6-1-2-8(14)9(4-6)16-10(12)13/h1-2,4,10H,3,5,14H2. The van der Waals surface area contributed by atoms with Crippen molar-refractivity contribution in [1.29, 1.82) is 0 Å². The third kappa shape index (κ3) is 3.77. The Morgan fingerprint density at radius 1 is 1.50 bits per heavy atom. The first kappa shape index (κ1) is 12.9. The monoisotopic (exact) mass is 293 g/mol. The van der Waals surface area contributed by atoms with E-state index in [1.165, 1.54) is 12.1 Å². The molecule has 0 saturated heterocycles. The molecule has 0 aliphatic rings. The van der Waals surface area contributed by atoms with Gasteiger partial charge in [0, 0.05) is 6.42 Å². The van der Waals surface area contributed by atoms with Crippen LogP contribution >= 0.6 is 15.9 Å². The number of hydrogen-bond donors (Lipinski definition) is 1. The average Bonchev–Trinajstić information content (AvgIpc) is 2.22. The number of alkyl halides is 3. The Morgan fingerprint density at radius 3 is 2.75 bits per heavy atom. The van der Waals surface area contributed by atoms with Crippen LogP contribution in [0.4, 0.5) is 14.5 Å². The predicted octanol–water partition coefficient (Wildman–Crippen LogP) is 2.38. The van der Waals surface area contributed by atoms with Gasteiger partial charge in [0.15, 0.2) is 0 Å². The molecule has 0 fully saturated rings. The second kappa shape index (κ2) is 5.79. The number of hydrogen-bond acceptors (Lipinski definition) is 3. The largest absolute Gasteiger partial charge is 0.433 e. The van der Waals surface area contributed by atoms with Gasteiger partial charge in [-0.05, 0) is 17.7 Å². The van der Waals surface area contributed by atoms with E-state index in [0.717, 1.165) is 0 Å². The zero-order valence-electron chi connectivity index (χ0n) is 8.25. The number of Topliss-reactive ketones (excluding diaryl/α,β-unsaturated/α-hetero) is 1. The molecular weight excluding hydrogens is 284 g/mol. The number of benzene rings is 1. The summed E-state index contributed by atoms with van der Waals surface area (Å²) >= 11 is 3.02. The Labute approximate surface area is 99.7 Å². The molecule has 16 heavy (non-hydrogen) atoms. The summed E-state index contributed by atoms with van der Waals surface area (Å²) < 4.78 is 28.2. The van der Waals surface area contributed by atoms with E-state index in [-0.39, 0.29) is 29.0 Å². The van der Waals surface area contributed by atoms with Crippen molar-refractivity contribution in [2.45, 2.75) is 13.0 Å². The van der Waals surface area contributed by atoms with Crippen molar-refractivity contribution in [1.82, 2.24) is 0 Å². The number of carbonyl (C=O) groups is 1. The Bertz CT molecular complexity index is 385. The van der Waals surface area contributed by atoms with E-state index in [9.17, 15) is 13.6 Å². The predicted molar refractivity (Wildman–Crippen MR) is 60.0 cm³/mol. The van der Waals surface area contributed by atoms with Crippen molar-refractivity contribution in [2.75, 3.05) is 11.1 Å². The van der Waals surface area contributed by atoms with Crippen LogP contribution in [-0.4, -0.2) is 17.7 Å². The highest BCUT2D eigenvalue weighted by Gasteiger charge is 2.10. The van der Waals surface area contributed by atoms with Crippen molar-refractivity contribution < 1.29 is 18.3 Å². The molecule has 0 aromatic heterocycles. The summed E-state index contributed by atoms with van der Waals surface area (Å²) in [5, 5.41) is 0.225. The molecule has 88 valence electrons. The first-order valence-corrected chi connectivity index (χ1v) is 5.56. The molecule has 2 N–H and O–H groups in total. The Hall–Kier alpha value is -1.17. The summed E-state index contributed by atoms with van der Waals surface area (Å²) in [6.45, 7) is -2.93. The van der Waals surface area contributed by atoms with Crippen molar-refractivity contribution in [3.63, 3.8) is 0 Å². The van der Waals surface area contributed by atoms with Gasteiger partial charge < -0.3 is 10.5 Å². The average molecular weight is 294 g/mol. The highest BCUT2D eigenvalue weighted by molar-refractivity contribution is 9.09. The van der Waals surface area contributed by atoms with Crippen LogP contribution in [-0.2, 0) is 11.2 Å². The second-order valence-electron chi connectivity index (χ2n) is 3.10. The number of anilines is 1. The van der Waals surface area contributed by atoms with Gasteiger partial charge in [0.05, 0.1) is 11.0 Å². The zero-order valence-corrected chi connectivity index (χ0v) is 9.84. The molecule has 0 aliphatic heterocycles. The number of nitrogen functional groups attached to an aromatic ring is 1. The Balaban J connectivity index is 2.84. The quantitative estimate of drug-likeness (QED) is 0.670. The van der Waals surface area contributed by atoms with Crippen molar-refractivity contribution in [3.05, 3.63) is 23.8 Å². The molecule has 0 radical (unpaired) electrons. The fourth-order valence-electron chi connectivity index (χ4n) is 1.16. The minimum absolute atomic E-state index is 0.0484. The van der Waals surface area contributed by atoms with Crippen molar-refractivity contribution in [3.8, 4) is 5.75 Å². The van der Waals surface area contributed by atoms with Gasteiger partial charge in [-0.25, -0.2) is 0 Å². The topological polar surface area (TPSA) is 52.3 Å². The SMILES string of the molecule is Nc1ccc(CC(=O)CBr)cc1OC(F)F. The molecule has 0 unspecified atom stereocenters. The number of ketones is 1. The van der Waals surface area contributed by atoms with Gasteiger partial charge in [0.25, 0.3) is 0 Å². The lowest BCUT2D eigenvalue weighted by molar-refractivity contribution is -0.115. The molecule has 1 aromatic rings. The smallest absolute Gasteiger partial charge is 0.387 e. The minimum Gasteiger partial charge on any atom is -0.433 e. The molecule has 6 heteroatoms. The normalized spacial score (nSPS) is 10.5. The molecule has 0 saturated carbocycles. The zero-order chi connectivity index (χ0) is 12.1. The van der Waals surface area contributed by atoms with Gasteiger partial charge in [-0.15, -0.1) is 0 Å². The van der Waals surface area contributed by atoms with E-state index < -0.39 is 6.61 Å². The summed E-state index contributed by atoms with van der Waals surface area (Å²) in [7, 11) is 0. The maximum absolute atomic E-state index is 12.0. The summed E-state index contributed by atoms with van der Waals surface area (Å²) in [5.74, 6) is -0.150. The molecule has 0 spiro atoms. The van der Waals surface area contributed by atoms with Crippen LogP contribution < -0.4 is 10.5 Å². The summed E-state index contributed by atoms with van der Waals surface area (Å²) in [4.78, 5) is 11.1. The maximum Gasteiger partial charge on any atom is 0.387 e. The van der Waals surface area contributed by atoms with E-state index in [1.54, 1.807) is 6.07 Å².